The molecule has 2 aromatic rings. The summed E-state index contributed by atoms with van der Waals surface area (Å²) in [5.74, 6) is 1.53. The molecule has 2 aromatic heterocycles. The van der Waals surface area contributed by atoms with Crippen LogP contribution in [-0.2, 0) is 20.7 Å². The monoisotopic (exact) mass is 345 g/mol. The van der Waals surface area contributed by atoms with Gasteiger partial charge in [0.25, 0.3) is 5.78 Å². The Labute approximate surface area is 146 Å². The van der Waals surface area contributed by atoms with Gasteiger partial charge in [-0.3, -0.25) is 4.79 Å². The van der Waals surface area contributed by atoms with Crippen LogP contribution in [0.3, 0.4) is 0 Å². The Bertz CT molecular complexity index is 776. The average molecular weight is 345 g/mol. The number of rotatable bonds is 3. The Morgan fingerprint density at radius 1 is 1.20 bits per heavy atom. The van der Waals surface area contributed by atoms with E-state index in [0.29, 0.717) is 30.7 Å². The maximum Gasteiger partial charge on any atom is 0.252 e. The Morgan fingerprint density at radius 2 is 1.92 bits per heavy atom. The quantitative estimate of drug-likeness (QED) is 0.822. The smallest absolute Gasteiger partial charge is 0.252 e. The minimum Gasteiger partial charge on any atom is -0.350 e. The van der Waals surface area contributed by atoms with Gasteiger partial charge in [0.2, 0.25) is 5.91 Å². The zero-order valence-corrected chi connectivity index (χ0v) is 14.6. The Hall–Kier alpha value is -2.06. The minimum absolute atomic E-state index is 0.0667. The summed E-state index contributed by atoms with van der Waals surface area (Å²) in [6.07, 6.45) is 1.95. The molecule has 0 aliphatic carbocycles. The molecule has 0 N–H and O–H groups in total. The molecule has 134 valence electrons. The second kappa shape index (κ2) is 6.68. The van der Waals surface area contributed by atoms with E-state index in [-0.39, 0.29) is 18.6 Å². The first kappa shape index (κ1) is 16.4. The van der Waals surface area contributed by atoms with Crippen LogP contribution < -0.4 is 0 Å². The number of fused-ring (bicyclic) bond motifs is 1. The lowest BCUT2D eigenvalue weighted by atomic mass is 9.96. The highest BCUT2D eigenvalue weighted by molar-refractivity contribution is 5.78. The van der Waals surface area contributed by atoms with Crippen molar-refractivity contribution < 1.29 is 14.3 Å². The van der Waals surface area contributed by atoms with Gasteiger partial charge >= 0.3 is 0 Å². The zero-order chi connectivity index (χ0) is 17.4. The Morgan fingerprint density at radius 3 is 2.64 bits per heavy atom. The fourth-order valence-electron chi connectivity index (χ4n) is 3.60. The number of carbonyl (C=O) groups is 1. The van der Waals surface area contributed by atoms with Crippen LogP contribution in [-0.4, -0.2) is 63.0 Å². The molecule has 0 spiro atoms. The molecule has 2 aliphatic rings. The first-order valence-corrected chi connectivity index (χ1v) is 8.81. The van der Waals surface area contributed by atoms with E-state index in [2.05, 4.69) is 15.1 Å². The van der Waals surface area contributed by atoms with Crippen molar-refractivity contribution in [2.45, 2.75) is 39.4 Å². The van der Waals surface area contributed by atoms with E-state index in [4.69, 9.17) is 9.47 Å². The van der Waals surface area contributed by atoms with Crippen LogP contribution >= 0.6 is 0 Å². The molecular weight excluding hydrogens is 322 g/mol. The topological polar surface area (TPSA) is 81.9 Å². The molecule has 8 heteroatoms. The standard InChI is InChI=1S/C17H23N5O3/c1-11-9-12(2)22-17(18-11)19-14(20-22)10-15(23)21-5-3-13(4-6-21)16-24-7-8-25-16/h9,13,16H,3-8,10H2,1-2H3. The molecule has 1 amide bonds. The predicted octanol–water partition coefficient (Wildman–Crippen LogP) is 0.895. The normalized spacial score (nSPS) is 19.8. The molecule has 0 atom stereocenters. The lowest BCUT2D eigenvalue weighted by molar-refractivity contribution is -0.136. The third-order valence-electron chi connectivity index (χ3n) is 4.90. The molecule has 0 unspecified atom stereocenters. The summed E-state index contributed by atoms with van der Waals surface area (Å²) in [6.45, 7) is 6.70. The first-order valence-electron chi connectivity index (χ1n) is 8.81. The highest BCUT2D eigenvalue weighted by Gasteiger charge is 2.32. The first-order chi connectivity index (χ1) is 12.1. The van der Waals surface area contributed by atoms with Crippen molar-refractivity contribution in [1.29, 1.82) is 0 Å². The van der Waals surface area contributed by atoms with Crippen LogP contribution in [0.15, 0.2) is 6.07 Å². The molecule has 25 heavy (non-hydrogen) atoms. The van der Waals surface area contributed by atoms with Crippen molar-refractivity contribution in [1.82, 2.24) is 24.5 Å². The minimum atomic E-state index is -0.0883. The number of aryl methyl sites for hydroxylation is 2. The fraction of sp³-hybridized carbons (Fsp3) is 0.647. The van der Waals surface area contributed by atoms with Gasteiger partial charge in [0, 0.05) is 30.4 Å². The maximum atomic E-state index is 12.6. The lowest BCUT2D eigenvalue weighted by Gasteiger charge is -2.33. The molecule has 8 nitrogen and oxygen atoms in total. The predicted molar refractivity (Wildman–Crippen MR) is 89.0 cm³/mol. The molecule has 2 aliphatic heterocycles. The number of carbonyl (C=O) groups excluding carboxylic acids is 1. The van der Waals surface area contributed by atoms with Crippen molar-refractivity contribution in [3.05, 3.63) is 23.3 Å². The van der Waals surface area contributed by atoms with E-state index in [1.165, 1.54) is 0 Å². The van der Waals surface area contributed by atoms with Crippen molar-refractivity contribution in [2.24, 2.45) is 5.92 Å². The van der Waals surface area contributed by atoms with Gasteiger partial charge in [-0.25, -0.2) is 9.50 Å². The van der Waals surface area contributed by atoms with Crippen molar-refractivity contribution >= 4 is 11.7 Å². The molecular formula is C17H23N5O3. The van der Waals surface area contributed by atoms with Crippen molar-refractivity contribution in [3.8, 4) is 0 Å². The zero-order valence-electron chi connectivity index (χ0n) is 14.6. The van der Waals surface area contributed by atoms with Crippen LogP contribution in [0.25, 0.3) is 5.78 Å². The summed E-state index contributed by atoms with van der Waals surface area (Å²) in [5.41, 5.74) is 1.86. The summed E-state index contributed by atoms with van der Waals surface area (Å²) < 4.78 is 12.9. The molecule has 2 fully saturated rings. The molecule has 0 radical (unpaired) electrons. The lowest BCUT2D eigenvalue weighted by Crippen LogP contribution is -2.42. The number of hydrogen-bond donors (Lipinski definition) is 0. The second-order valence-electron chi connectivity index (χ2n) is 6.78. The highest BCUT2D eigenvalue weighted by atomic mass is 16.7. The van der Waals surface area contributed by atoms with Gasteiger partial charge in [-0.1, -0.05) is 0 Å². The van der Waals surface area contributed by atoms with Gasteiger partial charge in [-0.05, 0) is 32.8 Å². The van der Waals surface area contributed by atoms with Crippen LogP contribution in [0, 0.1) is 19.8 Å². The summed E-state index contributed by atoms with van der Waals surface area (Å²) in [7, 11) is 0. The van der Waals surface area contributed by atoms with E-state index >= 15 is 0 Å². The maximum absolute atomic E-state index is 12.6. The van der Waals surface area contributed by atoms with Gasteiger partial charge in [0.05, 0.1) is 19.6 Å². The average Bonchev–Trinajstić information content (AvgIpc) is 3.24. The number of likely N-dealkylation sites (tertiary alicyclic amines) is 1. The molecule has 4 heterocycles. The fourth-order valence-corrected chi connectivity index (χ4v) is 3.60. The van der Waals surface area contributed by atoms with E-state index in [0.717, 1.165) is 37.3 Å². The SMILES string of the molecule is Cc1cc(C)n2nc(CC(=O)N3CCC(C4OCCO4)CC3)nc2n1. The summed E-state index contributed by atoms with van der Waals surface area (Å²) in [4.78, 5) is 23.2. The summed E-state index contributed by atoms with van der Waals surface area (Å²) in [6, 6.07) is 1.95. The summed E-state index contributed by atoms with van der Waals surface area (Å²) >= 11 is 0. The second-order valence-corrected chi connectivity index (χ2v) is 6.78. The van der Waals surface area contributed by atoms with E-state index in [9.17, 15) is 4.79 Å². The van der Waals surface area contributed by atoms with Crippen LogP contribution in [0.5, 0.6) is 0 Å². The van der Waals surface area contributed by atoms with E-state index in [1.54, 1.807) is 4.52 Å². The van der Waals surface area contributed by atoms with Crippen molar-refractivity contribution in [2.75, 3.05) is 26.3 Å². The van der Waals surface area contributed by atoms with Gasteiger partial charge < -0.3 is 14.4 Å². The third-order valence-corrected chi connectivity index (χ3v) is 4.90. The van der Waals surface area contributed by atoms with Gasteiger partial charge in [0.15, 0.2) is 12.1 Å². The molecule has 0 aromatic carbocycles. The number of ether oxygens (including phenoxy) is 2. The number of nitrogens with zero attached hydrogens (tertiary/aromatic N) is 5. The van der Waals surface area contributed by atoms with Gasteiger partial charge in [-0.2, -0.15) is 4.98 Å². The van der Waals surface area contributed by atoms with Crippen molar-refractivity contribution in [3.63, 3.8) is 0 Å². The van der Waals surface area contributed by atoms with Crippen LogP contribution in [0.4, 0.5) is 0 Å². The largest absolute Gasteiger partial charge is 0.350 e. The Kier molecular flexibility index (Phi) is 4.39. The van der Waals surface area contributed by atoms with Crippen LogP contribution in [0.1, 0.15) is 30.1 Å². The number of aromatic nitrogens is 4. The summed E-state index contributed by atoms with van der Waals surface area (Å²) in [5, 5.41) is 4.42. The highest BCUT2D eigenvalue weighted by Crippen LogP contribution is 2.26. The molecule has 2 saturated heterocycles. The molecule has 0 bridgehead atoms. The molecule has 4 rings (SSSR count). The number of piperidine rings is 1. The van der Waals surface area contributed by atoms with Crippen LogP contribution in [0.2, 0.25) is 0 Å². The number of amides is 1. The number of hydrogen-bond acceptors (Lipinski definition) is 6. The van der Waals surface area contributed by atoms with E-state index in [1.807, 2.05) is 24.8 Å². The third kappa shape index (κ3) is 3.36. The molecule has 0 saturated carbocycles. The van der Waals surface area contributed by atoms with Gasteiger partial charge in [0.1, 0.15) is 0 Å². The van der Waals surface area contributed by atoms with E-state index < -0.39 is 0 Å². The Balaban J connectivity index is 1.38. The van der Waals surface area contributed by atoms with Gasteiger partial charge in [-0.15, -0.1) is 5.10 Å².